The summed E-state index contributed by atoms with van der Waals surface area (Å²) in [5.74, 6) is -0.437. The number of amides is 1. The fourth-order valence-electron chi connectivity index (χ4n) is 2.32. The molecule has 7 nitrogen and oxygen atoms in total. The molecule has 2 N–H and O–H groups in total. The van der Waals surface area contributed by atoms with E-state index in [1.165, 1.54) is 31.4 Å². The van der Waals surface area contributed by atoms with Crippen molar-refractivity contribution >= 4 is 21.9 Å². The second-order valence-corrected chi connectivity index (χ2v) is 8.01. The molecule has 0 spiro atoms. The first kappa shape index (κ1) is 22.1. The number of carbonyl (C=O) groups is 2. The summed E-state index contributed by atoms with van der Waals surface area (Å²) < 4.78 is 31.1. The van der Waals surface area contributed by atoms with Crippen molar-refractivity contribution in [2.45, 2.75) is 56.9 Å². The van der Waals surface area contributed by atoms with E-state index >= 15 is 0 Å². The van der Waals surface area contributed by atoms with Crippen LogP contribution in [0.5, 0.6) is 0 Å². The van der Waals surface area contributed by atoms with Crippen molar-refractivity contribution in [3.05, 3.63) is 29.8 Å². The summed E-state index contributed by atoms with van der Waals surface area (Å²) >= 11 is 0. The molecular weight excluding hydrogens is 356 g/mol. The first-order valence-corrected chi connectivity index (χ1v) is 10.2. The molecule has 1 aromatic rings. The number of rotatable bonds is 11. The third kappa shape index (κ3) is 7.97. The summed E-state index contributed by atoms with van der Waals surface area (Å²) in [6.45, 7) is 4.02. The maximum atomic E-state index is 12.1. The molecule has 1 aromatic carbocycles. The van der Waals surface area contributed by atoms with Crippen molar-refractivity contribution in [2.75, 3.05) is 13.7 Å². The van der Waals surface area contributed by atoms with E-state index < -0.39 is 10.0 Å². The molecule has 0 bridgehead atoms. The van der Waals surface area contributed by atoms with Gasteiger partial charge in [0.25, 0.3) is 5.91 Å². The quantitative estimate of drug-likeness (QED) is 0.450. The first-order valence-electron chi connectivity index (χ1n) is 8.73. The molecule has 1 amide bonds. The molecule has 0 saturated carbocycles. The Morgan fingerprint density at radius 3 is 2.23 bits per heavy atom. The van der Waals surface area contributed by atoms with Crippen LogP contribution in [0.3, 0.4) is 0 Å². The zero-order valence-corrected chi connectivity index (χ0v) is 16.4. The Balaban J connectivity index is 2.36. The minimum absolute atomic E-state index is 0.133. The highest BCUT2D eigenvalue weighted by atomic mass is 32.2. The third-order valence-electron chi connectivity index (χ3n) is 3.64. The van der Waals surface area contributed by atoms with Gasteiger partial charge in [-0.1, -0.05) is 12.8 Å². The summed E-state index contributed by atoms with van der Waals surface area (Å²) in [5, 5.41) is 2.80. The number of benzene rings is 1. The number of nitrogens with one attached hydrogen (secondary N) is 2. The van der Waals surface area contributed by atoms with Gasteiger partial charge in [0.15, 0.2) is 0 Å². The molecule has 26 heavy (non-hydrogen) atoms. The zero-order valence-electron chi connectivity index (χ0n) is 15.6. The molecule has 0 atom stereocenters. The number of carbonyl (C=O) groups excluding carboxylic acids is 2. The lowest BCUT2D eigenvalue weighted by Gasteiger charge is -2.10. The lowest BCUT2D eigenvalue weighted by atomic mass is 10.1. The summed E-state index contributed by atoms with van der Waals surface area (Å²) in [6.07, 6.45) is 3.83. The Labute approximate surface area is 155 Å². The van der Waals surface area contributed by atoms with Gasteiger partial charge in [0.2, 0.25) is 10.0 Å². The van der Waals surface area contributed by atoms with Crippen molar-refractivity contribution in [2.24, 2.45) is 0 Å². The van der Waals surface area contributed by atoms with Crippen LogP contribution in [0.1, 0.15) is 56.3 Å². The van der Waals surface area contributed by atoms with E-state index in [0.29, 0.717) is 18.5 Å². The van der Waals surface area contributed by atoms with Crippen LogP contribution in [-0.2, 0) is 19.6 Å². The molecule has 0 heterocycles. The number of hydrogen-bond acceptors (Lipinski definition) is 5. The van der Waals surface area contributed by atoms with Gasteiger partial charge in [-0.25, -0.2) is 13.1 Å². The van der Waals surface area contributed by atoms with E-state index in [0.717, 1.165) is 25.7 Å². The highest BCUT2D eigenvalue weighted by Gasteiger charge is 2.15. The topological polar surface area (TPSA) is 102 Å². The van der Waals surface area contributed by atoms with Crippen molar-refractivity contribution in [3.8, 4) is 0 Å². The van der Waals surface area contributed by atoms with Gasteiger partial charge >= 0.3 is 5.97 Å². The molecule has 0 aliphatic carbocycles. The van der Waals surface area contributed by atoms with Crippen molar-refractivity contribution in [1.29, 1.82) is 0 Å². The van der Waals surface area contributed by atoms with Crippen molar-refractivity contribution in [1.82, 2.24) is 10.0 Å². The van der Waals surface area contributed by atoms with Crippen LogP contribution in [0.2, 0.25) is 0 Å². The van der Waals surface area contributed by atoms with E-state index in [2.05, 4.69) is 14.8 Å². The van der Waals surface area contributed by atoms with Crippen molar-refractivity contribution in [3.63, 3.8) is 0 Å². The lowest BCUT2D eigenvalue weighted by Crippen LogP contribution is -2.30. The average Bonchev–Trinajstić information content (AvgIpc) is 2.59. The summed E-state index contributed by atoms with van der Waals surface area (Å²) in [5.41, 5.74) is 0.416. The molecule has 0 radical (unpaired) electrons. The Morgan fingerprint density at radius 2 is 1.65 bits per heavy atom. The number of unbranched alkanes of at least 4 members (excludes halogenated alkanes) is 3. The number of hydrogen-bond donors (Lipinski definition) is 2. The second-order valence-electron chi connectivity index (χ2n) is 6.30. The van der Waals surface area contributed by atoms with Crippen LogP contribution in [0.15, 0.2) is 29.2 Å². The van der Waals surface area contributed by atoms with Crippen LogP contribution in [0, 0.1) is 0 Å². The fourth-order valence-corrected chi connectivity index (χ4v) is 3.57. The average molecular weight is 384 g/mol. The van der Waals surface area contributed by atoms with Gasteiger partial charge in [-0.05, 0) is 51.0 Å². The van der Waals surface area contributed by atoms with E-state index in [9.17, 15) is 18.0 Å². The number of methoxy groups -OCH3 is 1. The van der Waals surface area contributed by atoms with Gasteiger partial charge in [0, 0.05) is 24.6 Å². The normalized spacial score (nSPS) is 11.4. The Hall–Kier alpha value is -1.93. The van der Waals surface area contributed by atoms with Gasteiger partial charge in [0.1, 0.15) is 0 Å². The summed E-state index contributed by atoms with van der Waals surface area (Å²) in [7, 11) is -2.18. The third-order valence-corrected chi connectivity index (χ3v) is 5.31. The number of esters is 1. The molecule has 8 heteroatoms. The Kier molecular flexibility index (Phi) is 9.29. The molecule has 0 fully saturated rings. The van der Waals surface area contributed by atoms with Gasteiger partial charge in [0.05, 0.1) is 12.0 Å². The lowest BCUT2D eigenvalue weighted by molar-refractivity contribution is -0.140. The summed E-state index contributed by atoms with van der Waals surface area (Å²) in [6, 6.07) is 5.65. The van der Waals surface area contributed by atoms with Gasteiger partial charge in [-0.2, -0.15) is 0 Å². The van der Waals surface area contributed by atoms with Crippen LogP contribution < -0.4 is 10.0 Å². The van der Waals surface area contributed by atoms with Gasteiger partial charge < -0.3 is 10.1 Å². The van der Waals surface area contributed by atoms with Crippen molar-refractivity contribution < 1.29 is 22.7 Å². The highest BCUT2D eigenvalue weighted by Crippen LogP contribution is 2.11. The standard InChI is InChI=1S/C18H28N2O5S/c1-14(2)20-26(23,24)16-11-9-15(10-12-16)18(22)19-13-7-5-4-6-8-17(21)25-3/h9-12,14,20H,4-8,13H2,1-3H3,(H,19,22). The minimum Gasteiger partial charge on any atom is -0.469 e. The Morgan fingerprint density at radius 1 is 1.04 bits per heavy atom. The van der Waals surface area contributed by atoms with Gasteiger partial charge in [-0.15, -0.1) is 0 Å². The highest BCUT2D eigenvalue weighted by molar-refractivity contribution is 7.89. The van der Waals surface area contributed by atoms with E-state index in [1.807, 2.05) is 0 Å². The maximum Gasteiger partial charge on any atom is 0.305 e. The van der Waals surface area contributed by atoms with E-state index in [4.69, 9.17) is 0 Å². The van der Waals surface area contributed by atoms with E-state index in [1.54, 1.807) is 13.8 Å². The first-order chi connectivity index (χ1) is 12.3. The maximum absolute atomic E-state index is 12.1. The smallest absolute Gasteiger partial charge is 0.305 e. The molecule has 0 aliphatic heterocycles. The fraction of sp³-hybridized carbons (Fsp3) is 0.556. The second kappa shape index (κ2) is 10.9. The molecule has 0 saturated heterocycles. The van der Waals surface area contributed by atoms with Crippen LogP contribution in [0.4, 0.5) is 0 Å². The van der Waals surface area contributed by atoms with Crippen LogP contribution in [-0.4, -0.2) is 40.0 Å². The number of sulfonamides is 1. The van der Waals surface area contributed by atoms with E-state index in [-0.39, 0.29) is 22.8 Å². The Bertz CT molecular complexity index is 684. The van der Waals surface area contributed by atoms with Gasteiger partial charge in [-0.3, -0.25) is 9.59 Å². The zero-order chi connectivity index (χ0) is 19.6. The molecule has 1 rings (SSSR count). The molecule has 146 valence electrons. The molecular formula is C18H28N2O5S. The number of ether oxygens (including phenoxy) is 1. The van der Waals surface area contributed by atoms with Crippen LogP contribution in [0.25, 0.3) is 0 Å². The minimum atomic E-state index is -3.55. The predicted molar refractivity (Wildman–Crippen MR) is 99.3 cm³/mol. The molecule has 0 unspecified atom stereocenters. The largest absolute Gasteiger partial charge is 0.469 e. The van der Waals surface area contributed by atoms with Crippen LogP contribution >= 0.6 is 0 Å². The SMILES string of the molecule is COC(=O)CCCCCCNC(=O)c1ccc(S(=O)(=O)NC(C)C)cc1. The monoisotopic (exact) mass is 384 g/mol. The predicted octanol–water partition coefficient (Wildman–Crippen LogP) is 2.23. The summed E-state index contributed by atoms with van der Waals surface area (Å²) in [4.78, 5) is 23.2. The molecule has 0 aromatic heterocycles. The molecule has 0 aliphatic rings.